The van der Waals surface area contributed by atoms with E-state index in [0.29, 0.717) is 11.6 Å². The smallest absolute Gasteiger partial charge is 0.142 e. The Morgan fingerprint density at radius 1 is 1.47 bits per heavy atom. The molecule has 3 heterocycles. The topological polar surface area (TPSA) is 57.7 Å². The summed E-state index contributed by atoms with van der Waals surface area (Å²) in [6.07, 6.45) is 5.48. The molecule has 1 aliphatic rings. The highest BCUT2D eigenvalue weighted by Gasteiger charge is 2.27. The third-order valence-electron chi connectivity index (χ3n) is 3.23. The van der Waals surface area contributed by atoms with Gasteiger partial charge in [0, 0.05) is 43.6 Å². The average Bonchev–Trinajstić information content (AvgIpc) is 2.79. The highest BCUT2D eigenvalue weighted by Crippen LogP contribution is 2.25. The number of halogens is 1. The Morgan fingerprint density at radius 2 is 2.32 bits per heavy atom. The SMILES string of the molecule is N#Cc1cc(N2CC(Cn3cc(Br)cn3)C2)ccn1. The summed E-state index contributed by atoms with van der Waals surface area (Å²) in [4.78, 5) is 6.24. The number of aromatic nitrogens is 3. The van der Waals surface area contributed by atoms with Gasteiger partial charge in [0.05, 0.1) is 10.7 Å². The van der Waals surface area contributed by atoms with Crippen LogP contribution in [-0.2, 0) is 6.54 Å². The largest absolute Gasteiger partial charge is 0.371 e. The number of nitriles is 1. The molecule has 0 amide bonds. The molecule has 96 valence electrons. The molecule has 2 aromatic heterocycles. The van der Waals surface area contributed by atoms with E-state index in [0.717, 1.165) is 29.8 Å². The Hall–Kier alpha value is -1.87. The minimum atomic E-state index is 0.469. The summed E-state index contributed by atoms with van der Waals surface area (Å²) in [6.45, 7) is 2.91. The van der Waals surface area contributed by atoms with Crippen molar-refractivity contribution in [1.29, 1.82) is 5.26 Å². The first-order valence-corrected chi connectivity index (χ1v) is 6.83. The van der Waals surface area contributed by atoms with Crippen molar-refractivity contribution in [3.63, 3.8) is 0 Å². The van der Waals surface area contributed by atoms with Crippen molar-refractivity contribution in [1.82, 2.24) is 14.8 Å². The van der Waals surface area contributed by atoms with Crippen LogP contribution in [-0.4, -0.2) is 27.9 Å². The van der Waals surface area contributed by atoms with Gasteiger partial charge in [-0.1, -0.05) is 0 Å². The Kier molecular flexibility index (Phi) is 3.22. The quantitative estimate of drug-likeness (QED) is 0.869. The third-order valence-corrected chi connectivity index (χ3v) is 3.64. The molecule has 0 aliphatic carbocycles. The van der Waals surface area contributed by atoms with Gasteiger partial charge in [0.25, 0.3) is 0 Å². The van der Waals surface area contributed by atoms with Gasteiger partial charge in [-0.25, -0.2) is 4.98 Å². The van der Waals surface area contributed by atoms with Gasteiger partial charge in [0.2, 0.25) is 0 Å². The number of anilines is 1. The lowest BCUT2D eigenvalue weighted by Crippen LogP contribution is -2.48. The second-order valence-electron chi connectivity index (χ2n) is 4.66. The molecule has 19 heavy (non-hydrogen) atoms. The lowest BCUT2D eigenvalue weighted by Gasteiger charge is -2.41. The van der Waals surface area contributed by atoms with E-state index in [-0.39, 0.29) is 0 Å². The molecule has 1 fully saturated rings. The Balaban J connectivity index is 1.59. The summed E-state index contributed by atoms with van der Waals surface area (Å²) in [7, 11) is 0. The zero-order valence-electron chi connectivity index (χ0n) is 10.2. The fraction of sp³-hybridized carbons (Fsp3) is 0.308. The summed E-state index contributed by atoms with van der Waals surface area (Å²) in [6, 6.07) is 5.85. The van der Waals surface area contributed by atoms with Crippen LogP contribution in [0.3, 0.4) is 0 Å². The molecule has 2 aromatic rings. The van der Waals surface area contributed by atoms with E-state index in [1.165, 1.54) is 0 Å². The highest BCUT2D eigenvalue weighted by molar-refractivity contribution is 9.10. The predicted molar refractivity (Wildman–Crippen MR) is 74.6 cm³/mol. The Morgan fingerprint density at radius 3 is 3.00 bits per heavy atom. The molecular formula is C13H12BrN5. The molecule has 3 rings (SSSR count). The lowest BCUT2D eigenvalue weighted by atomic mass is 9.99. The second-order valence-corrected chi connectivity index (χ2v) is 5.58. The summed E-state index contributed by atoms with van der Waals surface area (Å²) >= 11 is 3.40. The monoisotopic (exact) mass is 317 g/mol. The van der Waals surface area contributed by atoms with Gasteiger partial charge in [0.1, 0.15) is 11.8 Å². The van der Waals surface area contributed by atoms with Crippen LogP contribution in [0.5, 0.6) is 0 Å². The molecule has 0 saturated carbocycles. The van der Waals surface area contributed by atoms with E-state index in [9.17, 15) is 0 Å². The molecule has 0 unspecified atom stereocenters. The van der Waals surface area contributed by atoms with Crippen molar-refractivity contribution in [2.45, 2.75) is 6.54 Å². The van der Waals surface area contributed by atoms with E-state index >= 15 is 0 Å². The van der Waals surface area contributed by atoms with Gasteiger partial charge in [-0.05, 0) is 28.1 Å². The number of hydrogen-bond donors (Lipinski definition) is 0. The van der Waals surface area contributed by atoms with Crippen molar-refractivity contribution in [3.8, 4) is 6.07 Å². The molecule has 1 aliphatic heterocycles. The zero-order valence-corrected chi connectivity index (χ0v) is 11.8. The molecule has 0 bridgehead atoms. The molecule has 0 aromatic carbocycles. The minimum absolute atomic E-state index is 0.469. The molecule has 6 heteroatoms. The Bertz CT molecular complexity index is 624. The molecule has 0 radical (unpaired) electrons. The van der Waals surface area contributed by atoms with Crippen LogP contribution in [0.4, 0.5) is 5.69 Å². The number of pyridine rings is 1. The zero-order chi connectivity index (χ0) is 13.2. The van der Waals surface area contributed by atoms with Crippen LogP contribution < -0.4 is 4.90 Å². The van der Waals surface area contributed by atoms with Crippen LogP contribution in [0.1, 0.15) is 5.69 Å². The maximum absolute atomic E-state index is 8.84. The van der Waals surface area contributed by atoms with Gasteiger partial charge >= 0.3 is 0 Å². The van der Waals surface area contributed by atoms with Gasteiger partial charge < -0.3 is 4.90 Å². The van der Waals surface area contributed by atoms with Crippen molar-refractivity contribution in [3.05, 3.63) is 40.9 Å². The van der Waals surface area contributed by atoms with Crippen LogP contribution in [0.25, 0.3) is 0 Å². The second kappa shape index (κ2) is 5.02. The molecule has 0 N–H and O–H groups in total. The minimum Gasteiger partial charge on any atom is -0.371 e. The van der Waals surface area contributed by atoms with Crippen molar-refractivity contribution >= 4 is 21.6 Å². The van der Waals surface area contributed by atoms with Gasteiger partial charge in [-0.3, -0.25) is 4.68 Å². The summed E-state index contributed by atoms with van der Waals surface area (Å²) in [5, 5.41) is 13.1. The molecular weight excluding hydrogens is 306 g/mol. The van der Waals surface area contributed by atoms with E-state index in [2.05, 4.69) is 37.0 Å². The summed E-state index contributed by atoms with van der Waals surface area (Å²) in [5.74, 6) is 0.602. The first-order valence-electron chi connectivity index (χ1n) is 6.03. The van der Waals surface area contributed by atoms with E-state index in [1.807, 2.05) is 23.0 Å². The standard InChI is InChI=1S/C13H12BrN5/c14-11-5-17-19(9-11)8-10-6-18(7-10)13-1-2-16-12(3-13)4-15/h1-3,5,9-10H,6-8H2. The molecule has 1 saturated heterocycles. The van der Waals surface area contributed by atoms with Crippen LogP contribution in [0.15, 0.2) is 35.2 Å². The maximum Gasteiger partial charge on any atom is 0.142 e. The van der Waals surface area contributed by atoms with E-state index < -0.39 is 0 Å². The third kappa shape index (κ3) is 2.61. The van der Waals surface area contributed by atoms with Crippen LogP contribution in [0, 0.1) is 17.2 Å². The van der Waals surface area contributed by atoms with Crippen LogP contribution in [0.2, 0.25) is 0 Å². The number of hydrogen-bond acceptors (Lipinski definition) is 4. The molecule has 5 nitrogen and oxygen atoms in total. The van der Waals surface area contributed by atoms with E-state index in [4.69, 9.17) is 5.26 Å². The maximum atomic E-state index is 8.84. The highest BCUT2D eigenvalue weighted by atomic mass is 79.9. The predicted octanol–water partition coefficient (Wildman–Crippen LogP) is 2.05. The van der Waals surface area contributed by atoms with Crippen molar-refractivity contribution in [2.75, 3.05) is 18.0 Å². The molecule has 0 spiro atoms. The lowest BCUT2D eigenvalue weighted by molar-refractivity contribution is 0.342. The Labute approximate surface area is 119 Å². The fourth-order valence-electron chi connectivity index (χ4n) is 2.28. The average molecular weight is 318 g/mol. The summed E-state index contributed by atoms with van der Waals surface area (Å²) in [5.41, 5.74) is 1.54. The molecule has 0 atom stereocenters. The summed E-state index contributed by atoms with van der Waals surface area (Å²) < 4.78 is 2.97. The van der Waals surface area contributed by atoms with Gasteiger partial charge in [-0.2, -0.15) is 10.4 Å². The fourth-order valence-corrected chi connectivity index (χ4v) is 2.60. The number of nitrogens with zero attached hydrogens (tertiary/aromatic N) is 5. The van der Waals surface area contributed by atoms with Crippen molar-refractivity contribution < 1.29 is 0 Å². The van der Waals surface area contributed by atoms with Crippen LogP contribution >= 0.6 is 15.9 Å². The van der Waals surface area contributed by atoms with Crippen molar-refractivity contribution in [2.24, 2.45) is 5.92 Å². The number of rotatable bonds is 3. The first kappa shape index (κ1) is 12.2. The normalized spacial score (nSPS) is 15.1. The van der Waals surface area contributed by atoms with E-state index in [1.54, 1.807) is 12.4 Å². The first-order chi connectivity index (χ1) is 9.24. The van der Waals surface area contributed by atoms with Gasteiger partial charge in [0.15, 0.2) is 0 Å². The van der Waals surface area contributed by atoms with Gasteiger partial charge in [-0.15, -0.1) is 0 Å².